The van der Waals surface area contributed by atoms with Crippen molar-refractivity contribution in [3.05, 3.63) is 59.7 Å². The second-order valence-electron chi connectivity index (χ2n) is 7.40. The molecule has 1 amide bonds. The summed E-state index contributed by atoms with van der Waals surface area (Å²) in [5, 5.41) is 0. The van der Waals surface area contributed by atoms with Gasteiger partial charge < -0.3 is 14.4 Å². The van der Waals surface area contributed by atoms with E-state index in [0.29, 0.717) is 16.9 Å². The highest BCUT2D eigenvalue weighted by atomic mass is 32.2. The summed E-state index contributed by atoms with van der Waals surface area (Å²) in [5.74, 6) is -0.384. The maximum absolute atomic E-state index is 12.9. The van der Waals surface area contributed by atoms with Crippen LogP contribution in [-0.2, 0) is 19.6 Å². The van der Waals surface area contributed by atoms with Crippen molar-refractivity contribution in [1.29, 1.82) is 0 Å². The van der Waals surface area contributed by atoms with Crippen molar-refractivity contribution < 1.29 is 32.3 Å². The number of sulfonamides is 1. The number of carbonyl (C=O) groups is 3. The van der Waals surface area contributed by atoms with E-state index in [1.165, 1.54) is 35.5 Å². The van der Waals surface area contributed by atoms with Crippen molar-refractivity contribution in [3.8, 4) is 5.75 Å². The largest absolute Gasteiger partial charge is 0.484 e. The fourth-order valence-electron chi connectivity index (χ4n) is 3.33. The first kappa shape index (κ1) is 24.4. The van der Waals surface area contributed by atoms with Crippen LogP contribution in [0.3, 0.4) is 0 Å². The van der Waals surface area contributed by atoms with Gasteiger partial charge in [-0.3, -0.25) is 9.59 Å². The zero-order valence-corrected chi connectivity index (χ0v) is 19.3. The Balaban J connectivity index is 1.51. The van der Waals surface area contributed by atoms with E-state index in [1.807, 2.05) is 0 Å². The fourth-order valence-corrected chi connectivity index (χ4v) is 4.75. The van der Waals surface area contributed by atoms with Crippen LogP contribution in [0.2, 0.25) is 0 Å². The second-order valence-corrected chi connectivity index (χ2v) is 9.34. The minimum absolute atomic E-state index is 0.113. The lowest BCUT2D eigenvalue weighted by molar-refractivity contribution is -0.134. The van der Waals surface area contributed by atoms with E-state index in [1.54, 1.807) is 36.1 Å². The number of hydrogen-bond acceptors (Lipinski definition) is 7. The highest BCUT2D eigenvalue weighted by Crippen LogP contribution is 2.19. The molecule has 2 aromatic rings. The van der Waals surface area contributed by atoms with Crippen molar-refractivity contribution in [2.75, 3.05) is 39.4 Å². The topological polar surface area (TPSA) is 110 Å². The van der Waals surface area contributed by atoms with Crippen LogP contribution < -0.4 is 4.74 Å². The average molecular weight is 475 g/mol. The first-order valence-corrected chi connectivity index (χ1v) is 11.9. The number of benzene rings is 2. The van der Waals surface area contributed by atoms with Gasteiger partial charge in [-0.25, -0.2) is 13.2 Å². The summed E-state index contributed by atoms with van der Waals surface area (Å²) in [5.41, 5.74) is 0.837. The molecule has 2 aromatic carbocycles. The molecule has 1 aliphatic heterocycles. The maximum atomic E-state index is 12.9. The number of nitrogens with zero attached hydrogens (tertiary/aromatic N) is 2. The van der Waals surface area contributed by atoms with Gasteiger partial charge in [0.2, 0.25) is 10.0 Å². The van der Waals surface area contributed by atoms with Gasteiger partial charge in [-0.05, 0) is 50.2 Å². The smallest absolute Gasteiger partial charge is 0.338 e. The summed E-state index contributed by atoms with van der Waals surface area (Å²) < 4.78 is 37.5. The van der Waals surface area contributed by atoms with E-state index in [-0.39, 0.29) is 56.0 Å². The Kier molecular flexibility index (Phi) is 7.83. The molecule has 0 saturated carbocycles. The Bertz CT molecular complexity index is 1100. The monoisotopic (exact) mass is 474 g/mol. The van der Waals surface area contributed by atoms with Gasteiger partial charge in [-0.1, -0.05) is 12.1 Å². The number of carbonyl (C=O) groups excluding carboxylic acids is 3. The van der Waals surface area contributed by atoms with Crippen LogP contribution in [0.15, 0.2) is 53.4 Å². The summed E-state index contributed by atoms with van der Waals surface area (Å²) in [4.78, 5) is 37.2. The highest BCUT2D eigenvalue weighted by molar-refractivity contribution is 7.89. The van der Waals surface area contributed by atoms with Gasteiger partial charge in [-0.2, -0.15) is 4.31 Å². The average Bonchev–Trinajstić information content (AvgIpc) is 2.83. The molecule has 176 valence electrons. The minimum Gasteiger partial charge on any atom is -0.484 e. The van der Waals surface area contributed by atoms with Gasteiger partial charge in [0.15, 0.2) is 12.4 Å². The van der Waals surface area contributed by atoms with E-state index in [0.717, 1.165) is 0 Å². The molecule has 0 radical (unpaired) electrons. The number of esters is 1. The lowest BCUT2D eigenvalue weighted by Gasteiger charge is -2.34. The molecular weight excluding hydrogens is 448 g/mol. The number of amides is 1. The van der Waals surface area contributed by atoms with E-state index in [4.69, 9.17) is 9.47 Å². The van der Waals surface area contributed by atoms with E-state index < -0.39 is 16.0 Å². The van der Waals surface area contributed by atoms with Crippen molar-refractivity contribution in [2.45, 2.75) is 18.7 Å². The number of ketones is 1. The van der Waals surface area contributed by atoms with Crippen molar-refractivity contribution in [1.82, 2.24) is 9.21 Å². The molecule has 1 saturated heterocycles. The summed E-state index contributed by atoms with van der Waals surface area (Å²) in [7, 11) is -3.71. The third-order valence-corrected chi connectivity index (χ3v) is 7.13. The molecule has 0 unspecified atom stereocenters. The number of piperazine rings is 1. The lowest BCUT2D eigenvalue weighted by atomic mass is 10.2. The number of ether oxygens (including phenoxy) is 2. The molecule has 0 aromatic heterocycles. The van der Waals surface area contributed by atoms with Gasteiger partial charge in [0.1, 0.15) is 5.75 Å². The fraction of sp³-hybridized carbons (Fsp3) is 0.348. The molecule has 0 atom stereocenters. The zero-order valence-electron chi connectivity index (χ0n) is 18.5. The van der Waals surface area contributed by atoms with E-state index >= 15 is 0 Å². The predicted octanol–water partition coefficient (Wildman–Crippen LogP) is 1.98. The molecule has 9 nitrogen and oxygen atoms in total. The molecular formula is C23H26N2O7S. The molecule has 1 fully saturated rings. The van der Waals surface area contributed by atoms with Crippen molar-refractivity contribution >= 4 is 27.7 Å². The summed E-state index contributed by atoms with van der Waals surface area (Å²) >= 11 is 0. The Labute approximate surface area is 192 Å². The van der Waals surface area contributed by atoms with Crippen molar-refractivity contribution in [3.63, 3.8) is 0 Å². The summed E-state index contributed by atoms with van der Waals surface area (Å²) in [6, 6.07) is 12.1. The third kappa shape index (κ3) is 5.96. The van der Waals surface area contributed by atoms with Crippen LogP contribution in [0, 0.1) is 0 Å². The number of rotatable bonds is 8. The van der Waals surface area contributed by atoms with Crippen LogP contribution in [0.5, 0.6) is 5.75 Å². The van der Waals surface area contributed by atoms with Crippen LogP contribution in [-0.4, -0.2) is 74.7 Å². The van der Waals surface area contributed by atoms with Crippen LogP contribution in [0.4, 0.5) is 0 Å². The normalized spacial score (nSPS) is 14.5. The SMILES string of the molecule is CCOC(=O)c1ccc(OCC(=O)N2CCN(S(=O)(=O)c3ccc(C(C)=O)cc3)CC2)cc1. The molecule has 0 aliphatic carbocycles. The molecule has 3 rings (SSSR count). The van der Waals surface area contributed by atoms with E-state index in [2.05, 4.69) is 0 Å². The Morgan fingerprint density at radius 3 is 2.00 bits per heavy atom. The lowest BCUT2D eigenvalue weighted by Crippen LogP contribution is -2.51. The third-order valence-electron chi connectivity index (χ3n) is 5.22. The number of hydrogen-bond donors (Lipinski definition) is 0. The van der Waals surface area contributed by atoms with Gasteiger partial charge in [0.05, 0.1) is 17.1 Å². The zero-order chi connectivity index (χ0) is 24.0. The van der Waals surface area contributed by atoms with Crippen LogP contribution in [0.25, 0.3) is 0 Å². The van der Waals surface area contributed by atoms with Crippen LogP contribution >= 0.6 is 0 Å². The predicted molar refractivity (Wildman–Crippen MR) is 120 cm³/mol. The molecule has 0 N–H and O–H groups in total. The Morgan fingerprint density at radius 2 is 1.45 bits per heavy atom. The van der Waals surface area contributed by atoms with Gasteiger partial charge in [0.25, 0.3) is 5.91 Å². The Hall–Kier alpha value is -3.24. The molecule has 0 spiro atoms. The van der Waals surface area contributed by atoms with Crippen LogP contribution in [0.1, 0.15) is 34.6 Å². The standard InChI is InChI=1S/C23H26N2O7S/c1-3-31-23(28)19-4-8-20(9-5-19)32-16-22(27)24-12-14-25(15-13-24)33(29,30)21-10-6-18(7-11-21)17(2)26/h4-11H,3,12-16H2,1-2H3. The van der Waals surface area contributed by atoms with Gasteiger partial charge in [-0.15, -0.1) is 0 Å². The first-order chi connectivity index (χ1) is 15.7. The molecule has 1 heterocycles. The first-order valence-electron chi connectivity index (χ1n) is 10.5. The molecule has 0 bridgehead atoms. The highest BCUT2D eigenvalue weighted by Gasteiger charge is 2.30. The molecule has 10 heteroatoms. The summed E-state index contributed by atoms with van der Waals surface area (Å²) in [6.45, 7) is 4.05. The van der Waals surface area contributed by atoms with Crippen molar-refractivity contribution in [2.24, 2.45) is 0 Å². The van der Waals surface area contributed by atoms with E-state index in [9.17, 15) is 22.8 Å². The molecule has 33 heavy (non-hydrogen) atoms. The minimum atomic E-state index is -3.71. The maximum Gasteiger partial charge on any atom is 0.338 e. The van der Waals surface area contributed by atoms with Gasteiger partial charge in [0, 0.05) is 31.7 Å². The Morgan fingerprint density at radius 1 is 0.879 bits per heavy atom. The quantitative estimate of drug-likeness (QED) is 0.425. The summed E-state index contributed by atoms with van der Waals surface area (Å²) in [6.07, 6.45) is 0. The second kappa shape index (κ2) is 10.6. The number of Topliss-reactive ketones (excluding diaryl/α,β-unsaturated/α-hetero) is 1. The van der Waals surface area contributed by atoms with Gasteiger partial charge >= 0.3 is 5.97 Å². The molecule has 1 aliphatic rings.